The van der Waals surface area contributed by atoms with Gasteiger partial charge in [0.15, 0.2) is 0 Å². The fraction of sp³-hybridized carbons (Fsp3) is 0.600. The average Bonchev–Trinajstić information content (AvgIpc) is 2.14. The number of carbonyl (C=O) groups is 2. The fourth-order valence-electron chi connectivity index (χ4n) is 0.791. The van der Waals surface area contributed by atoms with Gasteiger partial charge in [0.05, 0.1) is 12.0 Å². The van der Waals surface area contributed by atoms with Crippen LogP contribution < -0.4 is 10.4 Å². The van der Waals surface area contributed by atoms with Crippen molar-refractivity contribution in [2.45, 2.75) is 18.9 Å². The van der Waals surface area contributed by atoms with Crippen molar-refractivity contribution in [3.8, 4) is 0 Å². The van der Waals surface area contributed by atoms with E-state index >= 15 is 0 Å². The summed E-state index contributed by atoms with van der Waals surface area (Å²) in [5, 5.41) is 12.3. The first-order valence-electron chi connectivity index (χ1n) is 2.70. The first-order valence-corrected chi connectivity index (χ1v) is 2.70. The van der Waals surface area contributed by atoms with E-state index in [0.717, 1.165) is 0 Å². The number of hydrogen-bond acceptors (Lipinski definition) is 3. The van der Waals surface area contributed by atoms with Crippen LogP contribution in [0.25, 0.3) is 0 Å². The summed E-state index contributed by atoms with van der Waals surface area (Å²) in [5.74, 6) is -1.40. The Morgan fingerprint density at radius 3 is 2.50 bits per heavy atom. The number of amides is 1. The Hall–Kier alpha value is 0.200. The minimum Gasteiger partial charge on any atom is -0.548 e. The molecule has 1 rings (SSSR count). The molecule has 0 bridgehead atoms. The zero-order chi connectivity index (χ0) is 6.85. The number of carboxylic acids is 1. The first-order chi connectivity index (χ1) is 4.20. The van der Waals surface area contributed by atoms with Crippen molar-refractivity contribution in [2.75, 3.05) is 0 Å². The van der Waals surface area contributed by atoms with Gasteiger partial charge < -0.3 is 15.2 Å². The summed E-state index contributed by atoms with van der Waals surface area (Å²) in [6.07, 6.45) is 0.666. The molecule has 10 heavy (non-hydrogen) atoms. The van der Waals surface area contributed by atoms with E-state index in [4.69, 9.17) is 0 Å². The van der Waals surface area contributed by atoms with Gasteiger partial charge in [0.25, 0.3) is 0 Å². The van der Waals surface area contributed by atoms with Crippen LogP contribution in [-0.2, 0) is 9.59 Å². The molecule has 0 aromatic carbocycles. The van der Waals surface area contributed by atoms with Crippen LogP contribution in [0.3, 0.4) is 0 Å². The maximum atomic E-state index is 10.4. The summed E-state index contributed by atoms with van der Waals surface area (Å²) < 4.78 is 0. The minimum absolute atomic E-state index is 0. The summed E-state index contributed by atoms with van der Waals surface area (Å²) in [5.41, 5.74) is 0. The number of carbonyl (C=O) groups excluding carboxylic acids is 2. The molecule has 0 spiro atoms. The Bertz CT molecular complexity index is 159. The third-order valence-electron chi connectivity index (χ3n) is 1.28. The molecular formula is C5H6CaNO3+. The second kappa shape index (κ2) is 4.16. The van der Waals surface area contributed by atoms with E-state index < -0.39 is 12.0 Å². The number of nitrogens with one attached hydrogen (secondary N) is 1. The smallest absolute Gasteiger partial charge is 0.548 e. The van der Waals surface area contributed by atoms with Gasteiger partial charge in [-0.2, -0.15) is 0 Å². The van der Waals surface area contributed by atoms with Crippen LogP contribution in [0.2, 0.25) is 0 Å². The molecule has 5 heteroatoms. The van der Waals surface area contributed by atoms with Crippen LogP contribution in [0, 0.1) is 0 Å². The molecule has 1 aliphatic heterocycles. The normalized spacial score (nSPS) is 23.2. The molecule has 1 saturated heterocycles. The van der Waals surface area contributed by atoms with Gasteiger partial charge in [-0.3, -0.25) is 4.79 Å². The second-order valence-corrected chi connectivity index (χ2v) is 1.98. The van der Waals surface area contributed by atoms with Crippen molar-refractivity contribution in [2.24, 2.45) is 0 Å². The van der Waals surface area contributed by atoms with E-state index in [-0.39, 0.29) is 43.6 Å². The SMILES string of the molecule is O=C1CCC(C(=O)[O-])N1.[Ca+2]. The molecule has 1 aliphatic rings. The van der Waals surface area contributed by atoms with Gasteiger partial charge in [-0.05, 0) is 6.42 Å². The Morgan fingerprint density at radius 1 is 1.70 bits per heavy atom. The van der Waals surface area contributed by atoms with Gasteiger partial charge in [0.2, 0.25) is 5.91 Å². The van der Waals surface area contributed by atoms with Crippen LogP contribution in [-0.4, -0.2) is 55.7 Å². The number of carboxylic acid groups (broad SMARTS) is 1. The number of rotatable bonds is 1. The molecule has 0 aromatic rings. The van der Waals surface area contributed by atoms with E-state index in [1.165, 1.54) is 0 Å². The molecule has 0 aliphatic carbocycles. The molecule has 1 N–H and O–H groups in total. The van der Waals surface area contributed by atoms with Crippen molar-refractivity contribution in [3.05, 3.63) is 0 Å². The van der Waals surface area contributed by atoms with Crippen LogP contribution in [0.15, 0.2) is 0 Å². The third-order valence-corrected chi connectivity index (χ3v) is 1.28. The summed E-state index contributed by atoms with van der Waals surface area (Å²) in [6.45, 7) is 0. The molecule has 50 valence electrons. The fourth-order valence-corrected chi connectivity index (χ4v) is 0.791. The van der Waals surface area contributed by atoms with Crippen LogP contribution in [0.1, 0.15) is 12.8 Å². The maximum Gasteiger partial charge on any atom is 2.00 e. The standard InChI is InChI=1S/C5H7NO3.Ca/c7-4-2-1-3(6-4)5(8)9;/h3H,1-2H2,(H,6,7)(H,8,9);/q;+2/p-1. The molecule has 0 saturated carbocycles. The van der Waals surface area contributed by atoms with Crippen molar-refractivity contribution < 1.29 is 14.7 Å². The molecule has 1 amide bonds. The molecular weight excluding hydrogens is 162 g/mol. The van der Waals surface area contributed by atoms with E-state index in [9.17, 15) is 14.7 Å². The Kier molecular flexibility index (Phi) is 4.24. The summed E-state index contributed by atoms with van der Waals surface area (Å²) in [4.78, 5) is 20.4. The maximum absolute atomic E-state index is 10.4. The van der Waals surface area contributed by atoms with Gasteiger partial charge in [-0.15, -0.1) is 0 Å². The predicted molar refractivity (Wildman–Crippen MR) is 31.9 cm³/mol. The van der Waals surface area contributed by atoms with Crippen molar-refractivity contribution in [1.82, 2.24) is 5.32 Å². The van der Waals surface area contributed by atoms with E-state index in [1.807, 2.05) is 0 Å². The van der Waals surface area contributed by atoms with E-state index in [1.54, 1.807) is 0 Å². The third kappa shape index (κ3) is 2.44. The Morgan fingerprint density at radius 2 is 2.30 bits per heavy atom. The summed E-state index contributed by atoms with van der Waals surface area (Å²) >= 11 is 0. The Balaban J connectivity index is 0.000000810. The van der Waals surface area contributed by atoms with Gasteiger partial charge in [-0.1, -0.05) is 0 Å². The monoisotopic (exact) mass is 168 g/mol. The summed E-state index contributed by atoms with van der Waals surface area (Å²) in [6, 6.07) is -0.752. The molecule has 1 heterocycles. The Labute approximate surface area is 88.0 Å². The predicted octanol–water partition coefficient (Wildman–Crippen LogP) is -2.37. The van der Waals surface area contributed by atoms with Gasteiger partial charge in [0.1, 0.15) is 0 Å². The molecule has 1 fully saturated rings. The van der Waals surface area contributed by atoms with Crippen molar-refractivity contribution >= 4 is 49.6 Å². The molecule has 0 aromatic heterocycles. The van der Waals surface area contributed by atoms with E-state index in [2.05, 4.69) is 5.32 Å². The van der Waals surface area contributed by atoms with Gasteiger partial charge in [0, 0.05) is 6.42 Å². The van der Waals surface area contributed by atoms with Gasteiger partial charge in [-0.25, -0.2) is 0 Å². The second-order valence-electron chi connectivity index (χ2n) is 1.98. The minimum atomic E-state index is -1.19. The quantitative estimate of drug-likeness (QED) is 0.445. The van der Waals surface area contributed by atoms with E-state index in [0.29, 0.717) is 12.8 Å². The topological polar surface area (TPSA) is 69.2 Å². The molecule has 0 radical (unpaired) electrons. The first kappa shape index (κ1) is 10.2. The van der Waals surface area contributed by atoms with Gasteiger partial charge >= 0.3 is 37.7 Å². The largest absolute Gasteiger partial charge is 2.00 e. The average molecular weight is 168 g/mol. The molecule has 1 unspecified atom stereocenters. The van der Waals surface area contributed by atoms with Crippen LogP contribution in [0.5, 0.6) is 0 Å². The van der Waals surface area contributed by atoms with Crippen LogP contribution in [0.4, 0.5) is 0 Å². The zero-order valence-corrected chi connectivity index (χ0v) is 7.63. The van der Waals surface area contributed by atoms with Crippen LogP contribution >= 0.6 is 0 Å². The molecule has 1 atom stereocenters. The summed E-state index contributed by atoms with van der Waals surface area (Å²) in [7, 11) is 0. The zero-order valence-electron chi connectivity index (χ0n) is 5.42. The number of hydrogen-bond donors (Lipinski definition) is 1. The van der Waals surface area contributed by atoms with Crippen molar-refractivity contribution in [3.63, 3.8) is 0 Å². The molecule has 4 nitrogen and oxygen atoms in total. The number of aliphatic carboxylic acids is 1. The van der Waals surface area contributed by atoms with Crippen molar-refractivity contribution in [1.29, 1.82) is 0 Å².